The van der Waals surface area contributed by atoms with Crippen molar-refractivity contribution >= 4 is 27.7 Å². The van der Waals surface area contributed by atoms with Crippen molar-refractivity contribution in [1.82, 2.24) is 20.9 Å². The Morgan fingerprint density at radius 1 is 1.16 bits per heavy atom. The largest absolute Gasteiger partial charge is 0.493 e. The summed E-state index contributed by atoms with van der Waals surface area (Å²) in [5.41, 5.74) is 8.76. The van der Waals surface area contributed by atoms with Gasteiger partial charge in [0.15, 0.2) is 11.5 Å². The fourth-order valence-corrected chi connectivity index (χ4v) is 3.39. The van der Waals surface area contributed by atoms with Crippen molar-refractivity contribution in [3.8, 4) is 11.5 Å². The molecule has 4 N–H and O–H groups in total. The molecule has 3 aromatic rings. The van der Waals surface area contributed by atoms with Crippen molar-refractivity contribution in [2.24, 2.45) is 0 Å². The van der Waals surface area contributed by atoms with E-state index in [0.29, 0.717) is 37.7 Å². The van der Waals surface area contributed by atoms with Gasteiger partial charge in [-0.3, -0.25) is 4.79 Å². The minimum atomic E-state index is -0.431. The van der Waals surface area contributed by atoms with Crippen molar-refractivity contribution in [3.63, 3.8) is 0 Å². The molecular formula is C21H24BrN5O4. The minimum Gasteiger partial charge on any atom is -0.493 e. The van der Waals surface area contributed by atoms with Crippen LogP contribution in [0.15, 0.2) is 45.5 Å². The quantitative estimate of drug-likeness (QED) is 0.371. The average molecular weight is 490 g/mol. The van der Waals surface area contributed by atoms with Gasteiger partial charge in [0.05, 0.1) is 11.6 Å². The number of nitrogens with zero attached hydrogens (tertiary/aromatic N) is 2. The van der Waals surface area contributed by atoms with Crippen LogP contribution in [0.5, 0.6) is 11.5 Å². The second-order valence-electron chi connectivity index (χ2n) is 6.81. The number of carbonyl (C=O) groups excluding carboxylic acids is 1. The van der Waals surface area contributed by atoms with Crippen LogP contribution >= 0.6 is 15.9 Å². The molecule has 10 heteroatoms. The predicted molar refractivity (Wildman–Crippen MR) is 119 cm³/mol. The van der Waals surface area contributed by atoms with Gasteiger partial charge in [0.1, 0.15) is 6.61 Å². The van der Waals surface area contributed by atoms with E-state index in [2.05, 4.69) is 60.6 Å². The number of hydrogen-bond donors (Lipinski definition) is 3. The summed E-state index contributed by atoms with van der Waals surface area (Å²) in [6, 6.07) is 12.1. The summed E-state index contributed by atoms with van der Waals surface area (Å²) in [5, 5.41) is 12.8. The van der Waals surface area contributed by atoms with Crippen LogP contribution in [0, 0.1) is 6.92 Å². The number of ether oxygens (including phenoxy) is 2. The summed E-state index contributed by atoms with van der Waals surface area (Å²) in [5.74, 6) is 0.825. The molecule has 164 valence electrons. The topological polar surface area (TPSA) is 125 Å². The fraction of sp³-hybridized carbons (Fsp3) is 0.286. The van der Waals surface area contributed by atoms with Crippen LogP contribution in [0.25, 0.3) is 0 Å². The van der Waals surface area contributed by atoms with Crippen LogP contribution in [0.3, 0.4) is 0 Å². The molecule has 0 fully saturated rings. The summed E-state index contributed by atoms with van der Waals surface area (Å²) in [6.45, 7) is 4.01. The third kappa shape index (κ3) is 6.19. The smallest absolute Gasteiger partial charge is 0.277 e. The second kappa shape index (κ2) is 10.8. The number of methoxy groups -OCH3 is 1. The Morgan fingerprint density at radius 2 is 1.94 bits per heavy atom. The molecule has 0 saturated carbocycles. The third-order valence-electron chi connectivity index (χ3n) is 4.44. The molecule has 0 radical (unpaired) electrons. The van der Waals surface area contributed by atoms with Crippen molar-refractivity contribution in [2.75, 3.05) is 25.9 Å². The van der Waals surface area contributed by atoms with E-state index in [-0.39, 0.29) is 11.5 Å². The van der Waals surface area contributed by atoms with Gasteiger partial charge in [0.2, 0.25) is 11.5 Å². The molecule has 0 bridgehead atoms. The maximum Gasteiger partial charge on any atom is 0.277 e. The Hall–Kier alpha value is -3.11. The Bertz CT molecular complexity index is 1020. The lowest BCUT2D eigenvalue weighted by atomic mass is 10.1. The zero-order valence-electron chi connectivity index (χ0n) is 17.3. The number of nitrogens with one attached hydrogen (secondary N) is 2. The molecule has 31 heavy (non-hydrogen) atoms. The van der Waals surface area contributed by atoms with Crippen molar-refractivity contribution < 1.29 is 18.9 Å². The maximum absolute atomic E-state index is 11.9. The number of amides is 1. The van der Waals surface area contributed by atoms with E-state index in [0.717, 1.165) is 15.6 Å². The average Bonchev–Trinajstić information content (AvgIpc) is 3.19. The summed E-state index contributed by atoms with van der Waals surface area (Å²) < 4.78 is 16.7. The monoisotopic (exact) mass is 489 g/mol. The van der Waals surface area contributed by atoms with Crippen LogP contribution in [0.1, 0.15) is 27.2 Å². The molecule has 2 aromatic carbocycles. The molecule has 3 rings (SSSR count). The van der Waals surface area contributed by atoms with E-state index in [1.54, 1.807) is 7.11 Å². The number of aryl methyl sites for hydroxylation is 1. The third-order valence-corrected chi connectivity index (χ3v) is 5.03. The summed E-state index contributed by atoms with van der Waals surface area (Å²) in [4.78, 5) is 11.9. The van der Waals surface area contributed by atoms with Gasteiger partial charge in [0.25, 0.3) is 5.91 Å². The number of nitrogens with two attached hydrogens (primary N) is 1. The van der Waals surface area contributed by atoms with E-state index in [1.807, 2.05) is 24.3 Å². The van der Waals surface area contributed by atoms with Gasteiger partial charge >= 0.3 is 0 Å². The molecule has 0 aliphatic heterocycles. The van der Waals surface area contributed by atoms with Crippen molar-refractivity contribution in [3.05, 3.63) is 63.3 Å². The van der Waals surface area contributed by atoms with E-state index in [9.17, 15) is 4.79 Å². The Labute approximate surface area is 188 Å². The van der Waals surface area contributed by atoms with Crippen LogP contribution < -0.4 is 25.8 Å². The molecule has 0 spiro atoms. The zero-order valence-corrected chi connectivity index (χ0v) is 18.9. The number of nitrogen functional groups attached to an aromatic ring is 1. The Morgan fingerprint density at radius 3 is 2.61 bits per heavy atom. The van der Waals surface area contributed by atoms with Gasteiger partial charge in [-0.15, -0.1) is 0 Å². The van der Waals surface area contributed by atoms with Crippen LogP contribution in [0.2, 0.25) is 0 Å². The second-order valence-corrected chi connectivity index (χ2v) is 7.67. The zero-order chi connectivity index (χ0) is 22.2. The highest BCUT2D eigenvalue weighted by molar-refractivity contribution is 9.10. The van der Waals surface area contributed by atoms with Crippen molar-refractivity contribution in [2.45, 2.75) is 20.1 Å². The SMILES string of the molecule is COc1cc(CNCCNC(=O)c2nonc2N)cc(Br)c1OCc1ccc(C)cc1. The maximum atomic E-state index is 11.9. The first kappa shape index (κ1) is 22.6. The van der Waals surface area contributed by atoms with E-state index < -0.39 is 5.91 Å². The molecule has 0 aliphatic carbocycles. The summed E-state index contributed by atoms with van der Waals surface area (Å²) in [6.07, 6.45) is 0. The molecule has 1 heterocycles. The van der Waals surface area contributed by atoms with E-state index in [1.165, 1.54) is 5.56 Å². The Balaban J connectivity index is 1.50. The molecule has 0 aliphatic rings. The number of benzene rings is 2. The predicted octanol–water partition coefficient (Wildman–Crippen LogP) is 2.83. The summed E-state index contributed by atoms with van der Waals surface area (Å²) >= 11 is 3.57. The fourth-order valence-electron chi connectivity index (χ4n) is 2.79. The molecule has 0 saturated heterocycles. The van der Waals surface area contributed by atoms with E-state index in [4.69, 9.17) is 15.2 Å². The number of rotatable bonds is 10. The Kier molecular flexibility index (Phi) is 7.85. The minimum absolute atomic E-state index is 0.0186. The first-order chi connectivity index (χ1) is 15.0. The lowest BCUT2D eigenvalue weighted by Crippen LogP contribution is -2.32. The van der Waals surface area contributed by atoms with Gasteiger partial charge in [-0.2, -0.15) is 0 Å². The standard InChI is InChI=1S/C21H24BrN5O4/c1-13-3-5-14(6-4-13)12-30-19-16(22)9-15(10-17(19)29-2)11-24-7-8-25-21(28)18-20(23)27-31-26-18/h3-6,9-10,24H,7-8,11-12H2,1-2H3,(H2,23,27)(H,25,28). The highest BCUT2D eigenvalue weighted by atomic mass is 79.9. The summed E-state index contributed by atoms with van der Waals surface area (Å²) in [7, 11) is 1.61. The number of aromatic nitrogens is 2. The van der Waals surface area contributed by atoms with Gasteiger partial charge in [-0.25, -0.2) is 4.63 Å². The number of hydrogen-bond acceptors (Lipinski definition) is 8. The molecule has 0 atom stereocenters. The molecule has 1 amide bonds. The van der Waals surface area contributed by atoms with Gasteiger partial charge in [-0.1, -0.05) is 29.8 Å². The lowest BCUT2D eigenvalue weighted by Gasteiger charge is -2.15. The normalized spacial score (nSPS) is 10.7. The first-order valence-electron chi connectivity index (χ1n) is 9.59. The van der Waals surface area contributed by atoms with Gasteiger partial charge in [0, 0.05) is 19.6 Å². The number of carbonyl (C=O) groups is 1. The van der Waals surface area contributed by atoms with Crippen LogP contribution in [0.4, 0.5) is 5.82 Å². The van der Waals surface area contributed by atoms with Gasteiger partial charge in [-0.05, 0) is 56.4 Å². The molecule has 0 unspecified atom stereocenters. The highest BCUT2D eigenvalue weighted by Crippen LogP contribution is 2.37. The first-order valence-corrected chi connectivity index (χ1v) is 10.4. The van der Waals surface area contributed by atoms with Crippen molar-refractivity contribution in [1.29, 1.82) is 0 Å². The van der Waals surface area contributed by atoms with Crippen LogP contribution in [-0.4, -0.2) is 36.4 Å². The van der Waals surface area contributed by atoms with E-state index >= 15 is 0 Å². The molecule has 1 aromatic heterocycles. The number of anilines is 1. The number of halogens is 1. The van der Waals surface area contributed by atoms with Gasteiger partial charge < -0.3 is 25.8 Å². The molecular weight excluding hydrogens is 466 g/mol. The highest BCUT2D eigenvalue weighted by Gasteiger charge is 2.15. The lowest BCUT2D eigenvalue weighted by molar-refractivity contribution is 0.0944. The molecule has 9 nitrogen and oxygen atoms in total. The van der Waals surface area contributed by atoms with Crippen LogP contribution in [-0.2, 0) is 13.2 Å².